The van der Waals surface area contributed by atoms with E-state index in [0.717, 1.165) is 5.57 Å². The molecule has 0 spiro atoms. The number of carboxylic acids is 2. The summed E-state index contributed by atoms with van der Waals surface area (Å²) in [6.07, 6.45) is 14.9. The number of phenolic OH excluding ortho intramolecular Hbond substituents is 1. The fourth-order valence-electron chi connectivity index (χ4n) is 6.43. The lowest BCUT2D eigenvalue weighted by Crippen LogP contribution is -2.29. The number of ketones is 1. The summed E-state index contributed by atoms with van der Waals surface area (Å²) in [5.41, 5.74) is 5.16. The standard InChI is InChI=1S/C44H36N2O9S/c1-4-24(3)6-7-26-23-54-38-21-29(48)11-14-35(38)41(26)32(5-2)34(42(50)51)16-17-45-44(56)46-27-9-13-33(37(19-27)43(52)53)40-25-8-10-28(47)20-31(18-25)55-39-22-30(49)12-15-36(39)40/h4-16,19-23,49H,17-18H2,1-3H3,(H,50,51)(H,52,53)(H2,45,46,56)/b7-6-,24-4-,32-5+,34-16+. The highest BCUT2D eigenvalue weighted by Crippen LogP contribution is 2.43. The maximum atomic E-state index is 12.7. The smallest absolute Gasteiger partial charge is 0.336 e. The summed E-state index contributed by atoms with van der Waals surface area (Å²) in [5, 5.41) is 37.0. The molecule has 0 radical (unpaired) electrons. The lowest BCUT2D eigenvalue weighted by Gasteiger charge is -2.18. The molecule has 0 saturated heterocycles. The largest absolute Gasteiger partial charge is 0.508 e. The number of carbonyl (C=O) groups is 3. The minimum absolute atomic E-state index is 0.0157. The van der Waals surface area contributed by atoms with Gasteiger partial charge in [0, 0.05) is 59.1 Å². The lowest BCUT2D eigenvalue weighted by atomic mass is 9.88. The fraction of sp³-hybridized carbons (Fsp3) is 0.114. The normalized spacial score (nSPS) is 14.5. The van der Waals surface area contributed by atoms with Crippen molar-refractivity contribution in [3.8, 4) is 22.8 Å². The first-order valence-corrected chi connectivity index (χ1v) is 17.8. The van der Waals surface area contributed by atoms with E-state index in [1.807, 2.05) is 32.1 Å². The van der Waals surface area contributed by atoms with Crippen molar-refractivity contribution < 1.29 is 38.9 Å². The zero-order valence-electron chi connectivity index (χ0n) is 30.5. The maximum Gasteiger partial charge on any atom is 0.336 e. The quantitative estimate of drug-likeness (QED) is 0.0596. The fourth-order valence-corrected chi connectivity index (χ4v) is 6.63. The van der Waals surface area contributed by atoms with Gasteiger partial charge in [0.1, 0.15) is 23.0 Å². The molecular weight excluding hydrogens is 733 g/mol. The highest BCUT2D eigenvalue weighted by atomic mass is 32.1. The number of thiocarbonyl (C=S) groups is 1. The molecule has 2 heterocycles. The van der Waals surface area contributed by atoms with Crippen LogP contribution in [0.5, 0.6) is 11.5 Å². The van der Waals surface area contributed by atoms with Gasteiger partial charge in [0.25, 0.3) is 0 Å². The molecule has 2 bridgehead atoms. The number of allylic oxidation sites excluding steroid dienone is 8. The summed E-state index contributed by atoms with van der Waals surface area (Å²) in [5.74, 6) is -1.83. The molecule has 6 rings (SSSR count). The number of carbonyl (C=O) groups excluding carboxylic acids is 1. The van der Waals surface area contributed by atoms with Gasteiger partial charge in [0.2, 0.25) is 0 Å². The first kappa shape index (κ1) is 38.7. The van der Waals surface area contributed by atoms with Gasteiger partial charge in [0.15, 0.2) is 16.3 Å². The number of hydrogen-bond acceptors (Lipinski definition) is 8. The van der Waals surface area contributed by atoms with Crippen LogP contribution in [0.15, 0.2) is 135 Å². The molecule has 0 atom stereocenters. The molecule has 56 heavy (non-hydrogen) atoms. The highest BCUT2D eigenvalue weighted by molar-refractivity contribution is 7.80. The molecule has 4 aliphatic rings. The average Bonchev–Trinajstić information content (AvgIpc) is 3.43. The number of nitrogens with one attached hydrogen (secondary N) is 2. The second kappa shape index (κ2) is 16.5. The van der Waals surface area contributed by atoms with Gasteiger partial charge in [-0.2, -0.15) is 0 Å². The number of aliphatic carboxylic acids is 1. The van der Waals surface area contributed by atoms with Gasteiger partial charge in [-0.3, -0.25) is 9.59 Å². The Bertz CT molecular complexity index is 2560. The Morgan fingerprint density at radius 1 is 0.946 bits per heavy atom. The molecule has 2 aromatic rings. The number of ether oxygens (including phenoxy) is 1. The zero-order valence-corrected chi connectivity index (χ0v) is 31.3. The molecule has 0 aromatic heterocycles. The maximum absolute atomic E-state index is 12.7. The van der Waals surface area contributed by atoms with Crippen LogP contribution in [0, 0.1) is 0 Å². The van der Waals surface area contributed by atoms with Gasteiger partial charge in [-0.1, -0.05) is 48.1 Å². The van der Waals surface area contributed by atoms with Gasteiger partial charge in [-0.25, -0.2) is 9.59 Å². The van der Waals surface area contributed by atoms with E-state index >= 15 is 0 Å². The Morgan fingerprint density at radius 2 is 1.71 bits per heavy atom. The number of benzene rings is 3. The third-order valence-corrected chi connectivity index (χ3v) is 9.39. The number of aromatic hydroxyl groups is 1. The van der Waals surface area contributed by atoms with Crippen LogP contribution in [-0.2, 0) is 9.59 Å². The van der Waals surface area contributed by atoms with Crippen LogP contribution in [0.3, 0.4) is 0 Å². The van der Waals surface area contributed by atoms with Crippen LogP contribution < -0.4 is 20.8 Å². The number of aromatic carboxylic acids is 1. The van der Waals surface area contributed by atoms with Gasteiger partial charge in [-0.15, -0.1) is 0 Å². The monoisotopic (exact) mass is 768 g/mol. The molecule has 2 aliphatic heterocycles. The Morgan fingerprint density at radius 3 is 2.45 bits per heavy atom. The first-order chi connectivity index (χ1) is 26.9. The molecule has 0 unspecified atom stereocenters. The first-order valence-electron chi connectivity index (χ1n) is 17.4. The Labute approximate surface area is 327 Å². The predicted molar refractivity (Wildman–Crippen MR) is 219 cm³/mol. The SMILES string of the molecule is C/C=C(C)\C=C/c1coc2cc(=O)ccc-2c1C(=C/C)/C(=C\CNC(=S)Nc1ccc(C2=C3C=CC(=O)C=C(C3)Oc3cc(O)ccc32)c(C(=O)O)c1)C(=O)O. The molecule has 0 saturated carbocycles. The molecule has 2 aromatic carbocycles. The van der Waals surface area contributed by atoms with E-state index < -0.39 is 11.9 Å². The van der Waals surface area contributed by atoms with Crippen LogP contribution in [-0.4, -0.2) is 44.7 Å². The second-order valence-corrected chi connectivity index (χ2v) is 13.2. The van der Waals surface area contributed by atoms with E-state index in [4.69, 9.17) is 21.4 Å². The summed E-state index contributed by atoms with van der Waals surface area (Å²) < 4.78 is 11.8. The molecular formula is C44H36N2O9S. The number of anilines is 1. The van der Waals surface area contributed by atoms with Crippen molar-refractivity contribution in [3.05, 3.63) is 164 Å². The van der Waals surface area contributed by atoms with Gasteiger partial charge < -0.3 is 35.1 Å². The van der Waals surface area contributed by atoms with Gasteiger partial charge in [0.05, 0.1) is 17.4 Å². The van der Waals surface area contributed by atoms with Crippen LogP contribution in [0.25, 0.3) is 28.5 Å². The van der Waals surface area contributed by atoms with Crippen molar-refractivity contribution in [2.75, 3.05) is 11.9 Å². The Balaban J connectivity index is 1.29. The van der Waals surface area contributed by atoms with E-state index in [1.165, 1.54) is 54.8 Å². The minimum Gasteiger partial charge on any atom is -0.508 e. The molecule has 2 aliphatic carbocycles. The molecule has 12 heteroatoms. The van der Waals surface area contributed by atoms with E-state index in [1.54, 1.807) is 43.3 Å². The van der Waals surface area contributed by atoms with E-state index in [9.17, 15) is 34.5 Å². The van der Waals surface area contributed by atoms with Crippen molar-refractivity contribution in [1.82, 2.24) is 5.32 Å². The second-order valence-electron chi connectivity index (χ2n) is 12.8. The lowest BCUT2D eigenvalue weighted by molar-refractivity contribution is -0.132. The van der Waals surface area contributed by atoms with Crippen molar-refractivity contribution in [1.29, 1.82) is 0 Å². The summed E-state index contributed by atoms with van der Waals surface area (Å²) >= 11 is 5.53. The van der Waals surface area contributed by atoms with Crippen LogP contribution in [0.1, 0.15) is 59.8 Å². The molecule has 11 nitrogen and oxygen atoms in total. The van der Waals surface area contributed by atoms with Crippen molar-refractivity contribution in [3.63, 3.8) is 0 Å². The predicted octanol–water partition coefficient (Wildman–Crippen LogP) is 8.14. The molecule has 0 fully saturated rings. The third kappa shape index (κ3) is 8.35. The summed E-state index contributed by atoms with van der Waals surface area (Å²) in [7, 11) is 0. The van der Waals surface area contributed by atoms with Crippen LogP contribution >= 0.6 is 12.2 Å². The third-order valence-electron chi connectivity index (χ3n) is 9.14. The average molecular weight is 769 g/mol. The summed E-state index contributed by atoms with van der Waals surface area (Å²) in [6.45, 7) is 5.54. The number of rotatable bonds is 10. The number of hydrogen-bond donors (Lipinski definition) is 5. The Hall–Kier alpha value is -7.05. The van der Waals surface area contributed by atoms with E-state index in [0.29, 0.717) is 61.7 Å². The number of fused-ring (bicyclic) bond motifs is 4. The zero-order chi connectivity index (χ0) is 40.1. The van der Waals surface area contributed by atoms with E-state index in [2.05, 4.69) is 10.6 Å². The molecule has 5 N–H and O–H groups in total. The van der Waals surface area contributed by atoms with E-state index in [-0.39, 0.29) is 51.9 Å². The Kier molecular flexibility index (Phi) is 11.4. The number of carboxylic acid groups (broad SMARTS) is 2. The topological polar surface area (TPSA) is 175 Å². The van der Waals surface area contributed by atoms with Crippen LogP contribution in [0.4, 0.5) is 5.69 Å². The van der Waals surface area contributed by atoms with Gasteiger partial charge >= 0.3 is 11.9 Å². The molecule has 0 amide bonds. The minimum atomic E-state index is -1.22. The van der Waals surface area contributed by atoms with Crippen LogP contribution in [0.2, 0.25) is 0 Å². The summed E-state index contributed by atoms with van der Waals surface area (Å²) in [4.78, 5) is 50.0. The van der Waals surface area contributed by atoms with Crippen molar-refractivity contribution in [2.45, 2.75) is 27.2 Å². The summed E-state index contributed by atoms with van der Waals surface area (Å²) in [6, 6.07) is 13.6. The highest BCUT2D eigenvalue weighted by Gasteiger charge is 2.27. The van der Waals surface area contributed by atoms with Gasteiger partial charge in [-0.05, 0) is 97.7 Å². The number of phenols is 1. The van der Waals surface area contributed by atoms with Crippen molar-refractivity contribution in [2.24, 2.45) is 0 Å². The van der Waals surface area contributed by atoms with Crippen molar-refractivity contribution >= 4 is 58.0 Å². The molecule has 282 valence electrons.